The molecule has 1 atom stereocenters. The van der Waals surface area contributed by atoms with E-state index in [-0.39, 0.29) is 12.0 Å². The highest BCUT2D eigenvalue weighted by molar-refractivity contribution is 7.86. The van der Waals surface area contributed by atoms with Crippen LogP contribution in [0.2, 0.25) is 0 Å². The summed E-state index contributed by atoms with van der Waals surface area (Å²) in [6.07, 6.45) is 3.92. The zero-order chi connectivity index (χ0) is 15.7. The van der Waals surface area contributed by atoms with Crippen molar-refractivity contribution in [1.82, 2.24) is 8.61 Å². The Morgan fingerprint density at radius 3 is 2.43 bits per heavy atom. The number of nitrogens with zero attached hydrogens (tertiary/aromatic N) is 2. The maximum atomic E-state index is 12.7. The Balaban J connectivity index is 2.08. The molecule has 0 bridgehead atoms. The lowest BCUT2D eigenvalue weighted by atomic mass is 9.85. The summed E-state index contributed by atoms with van der Waals surface area (Å²) in [6.45, 7) is 5.96. The molecule has 2 saturated heterocycles. The number of hydrogen-bond donors (Lipinski definition) is 1. The third kappa shape index (κ3) is 3.96. The molecule has 7 heteroatoms. The number of carboxylic acid groups (broad SMARTS) is 1. The topological polar surface area (TPSA) is 77.9 Å². The van der Waals surface area contributed by atoms with Gasteiger partial charge in [-0.25, -0.2) is 0 Å². The van der Waals surface area contributed by atoms with E-state index in [1.807, 2.05) is 0 Å². The summed E-state index contributed by atoms with van der Waals surface area (Å²) in [6, 6.07) is 0. The van der Waals surface area contributed by atoms with Gasteiger partial charge in [-0.15, -0.1) is 0 Å². The van der Waals surface area contributed by atoms with Gasteiger partial charge in [0.25, 0.3) is 10.2 Å². The highest BCUT2D eigenvalue weighted by atomic mass is 32.2. The van der Waals surface area contributed by atoms with Crippen LogP contribution in [0.1, 0.15) is 46.0 Å². The van der Waals surface area contributed by atoms with Crippen molar-refractivity contribution >= 4 is 16.2 Å². The minimum atomic E-state index is -3.52. The molecule has 21 heavy (non-hydrogen) atoms. The molecule has 1 N–H and O–H groups in total. The maximum Gasteiger partial charge on any atom is 0.307 e. The molecule has 2 heterocycles. The Morgan fingerprint density at radius 2 is 1.76 bits per heavy atom. The van der Waals surface area contributed by atoms with Crippen molar-refractivity contribution in [3.63, 3.8) is 0 Å². The smallest absolute Gasteiger partial charge is 0.307 e. The van der Waals surface area contributed by atoms with Crippen LogP contribution in [0.5, 0.6) is 0 Å². The van der Waals surface area contributed by atoms with Crippen LogP contribution >= 0.6 is 0 Å². The molecular weight excluding hydrogens is 292 g/mol. The highest BCUT2D eigenvalue weighted by Crippen LogP contribution is 2.31. The van der Waals surface area contributed by atoms with E-state index in [9.17, 15) is 13.2 Å². The summed E-state index contributed by atoms with van der Waals surface area (Å²) in [5.74, 6) is -1.47. The van der Waals surface area contributed by atoms with Gasteiger partial charge in [0.15, 0.2) is 0 Å². The van der Waals surface area contributed by atoms with Gasteiger partial charge in [-0.2, -0.15) is 17.0 Å². The van der Waals surface area contributed by atoms with Crippen LogP contribution in [0.15, 0.2) is 0 Å². The van der Waals surface area contributed by atoms with Gasteiger partial charge in [0.1, 0.15) is 0 Å². The Kier molecular flexibility index (Phi) is 4.95. The molecule has 1 unspecified atom stereocenters. The van der Waals surface area contributed by atoms with Gasteiger partial charge in [0, 0.05) is 26.2 Å². The van der Waals surface area contributed by atoms with Crippen molar-refractivity contribution in [3.05, 3.63) is 0 Å². The molecule has 0 aromatic rings. The molecule has 2 aliphatic rings. The molecule has 2 aliphatic heterocycles. The van der Waals surface area contributed by atoms with Gasteiger partial charge in [-0.1, -0.05) is 13.8 Å². The summed E-state index contributed by atoms with van der Waals surface area (Å²) in [5, 5.41) is 9.11. The number of aliphatic carboxylic acids is 1. The van der Waals surface area contributed by atoms with E-state index in [1.165, 1.54) is 4.31 Å². The molecule has 0 aromatic heterocycles. The maximum absolute atomic E-state index is 12.7. The van der Waals surface area contributed by atoms with E-state index in [1.54, 1.807) is 4.31 Å². The SMILES string of the molecule is CC1(C)CCCN(S(=O)(=O)N2CCCC(C(=O)O)C2)CC1. The molecule has 6 nitrogen and oxygen atoms in total. The average molecular weight is 318 g/mol. The first-order valence-corrected chi connectivity index (χ1v) is 9.10. The zero-order valence-corrected chi connectivity index (χ0v) is 13.7. The minimum absolute atomic E-state index is 0.109. The predicted octanol–water partition coefficient (Wildman–Crippen LogP) is 1.54. The van der Waals surface area contributed by atoms with Crippen LogP contribution in [0.3, 0.4) is 0 Å². The first-order chi connectivity index (χ1) is 9.72. The number of piperidine rings is 1. The number of hydrogen-bond acceptors (Lipinski definition) is 3. The fraction of sp³-hybridized carbons (Fsp3) is 0.929. The standard InChI is InChI=1S/C14H26N2O4S/c1-14(2)6-4-9-15(10-7-14)21(19,20)16-8-3-5-12(11-16)13(17)18/h12H,3-11H2,1-2H3,(H,17,18). The van der Waals surface area contributed by atoms with Crippen molar-refractivity contribution in [2.75, 3.05) is 26.2 Å². The Bertz CT molecular complexity index is 489. The molecular formula is C14H26N2O4S. The second-order valence-electron chi connectivity index (χ2n) is 6.96. The van der Waals surface area contributed by atoms with Gasteiger partial charge >= 0.3 is 5.97 Å². The number of carboxylic acids is 1. The molecule has 2 fully saturated rings. The quantitative estimate of drug-likeness (QED) is 0.856. The summed E-state index contributed by atoms with van der Waals surface area (Å²) in [5.41, 5.74) is 0.176. The van der Waals surface area contributed by atoms with Gasteiger partial charge in [-0.05, 0) is 37.5 Å². The van der Waals surface area contributed by atoms with E-state index in [0.29, 0.717) is 32.5 Å². The molecule has 0 saturated carbocycles. The summed E-state index contributed by atoms with van der Waals surface area (Å²) in [7, 11) is -3.52. The molecule has 122 valence electrons. The van der Waals surface area contributed by atoms with E-state index >= 15 is 0 Å². The van der Waals surface area contributed by atoms with E-state index in [0.717, 1.165) is 19.3 Å². The Hall–Kier alpha value is -0.660. The van der Waals surface area contributed by atoms with Crippen molar-refractivity contribution < 1.29 is 18.3 Å². The molecule has 0 aliphatic carbocycles. The lowest BCUT2D eigenvalue weighted by molar-refractivity contribution is -0.142. The molecule has 0 amide bonds. The Labute approximate surface area is 127 Å². The lowest BCUT2D eigenvalue weighted by Crippen LogP contribution is -2.49. The third-order valence-corrected chi connectivity index (χ3v) is 6.69. The lowest BCUT2D eigenvalue weighted by Gasteiger charge is -2.34. The normalized spacial score (nSPS) is 29.0. The number of carbonyl (C=O) groups is 1. The Morgan fingerprint density at radius 1 is 1.10 bits per heavy atom. The average Bonchev–Trinajstić information content (AvgIpc) is 2.60. The fourth-order valence-corrected chi connectivity index (χ4v) is 4.88. The van der Waals surface area contributed by atoms with Crippen LogP contribution in [0.25, 0.3) is 0 Å². The van der Waals surface area contributed by atoms with Crippen LogP contribution < -0.4 is 0 Å². The second-order valence-corrected chi connectivity index (χ2v) is 8.89. The van der Waals surface area contributed by atoms with Crippen LogP contribution in [-0.4, -0.2) is 54.3 Å². The first-order valence-electron chi connectivity index (χ1n) is 7.70. The van der Waals surface area contributed by atoms with Crippen LogP contribution in [0, 0.1) is 11.3 Å². The fourth-order valence-electron chi connectivity index (χ4n) is 3.15. The summed E-state index contributed by atoms with van der Waals surface area (Å²) >= 11 is 0. The third-order valence-electron chi connectivity index (χ3n) is 4.68. The first kappa shape index (κ1) is 16.7. The molecule has 0 spiro atoms. The molecule has 0 radical (unpaired) electrons. The van der Waals surface area contributed by atoms with Crippen molar-refractivity contribution in [2.24, 2.45) is 11.3 Å². The van der Waals surface area contributed by atoms with E-state index in [2.05, 4.69) is 13.8 Å². The molecule has 2 rings (SSSR count). The van der Waals surface area contributed by atoms with E-state index in [4.69, 9.17) is 5.11 Å². The van der Waals surface area contributed by atoms with Crippen LogP contribution in [-0.2, 0) is 15.0 Å². The zero-order valence-electron chi connectivity index (χ0n) is 12.9. The van der Waals surface area contributed by atoms with Gasteiger partial charge in [0.2, 0.25) is 0 Å². The minimum Gasteiger partial charge on any atom is -0.481 e. The van der Waals surface area contributed by atoms with Crippen molar-refractivity contribution in [2.45, 2.75) is 46.0 Å². The largest absolute Gasteiger partial charge is 0.481 e. The van der Waals surface area contributed by atoms with Gasteiger partial charge < -0.3 is 5.11 Å². The van der Waals surface area contributed by atoms with Crippen molar-refractivity contribution in [3.8, 4) is 0 Å². The highest BCUT2D eigenvalue weighted by Gasteiger charge is 2.37. The van der Waals surface area contributed by atoms with Crippen molar-refractivity contribution in [1.29, 1.82) is 0 Å². The second kappa shape index (κ2) is 6.22. The summed E-state index contributed by atoms with van der Waals surface area (Å²) in [4.78, 5) is 11.1. The van der Waals surface area contributed by atoms with Gasteiger partial charge in [0.05, 0.1) is 5.92 Å². The van der Waals surface area contributed by atoms with Crippen LogP contribution in [0.4, 0.5) is 0 Å². The summed E-state index contributed by atoms with van der Waals surface area (Å²) < 4.78 is 28.4. The van der Waals surface area contributed by atoms with Gasteiger partial charge in [-0.3, -0.25) is 4.79 Å². The monoisotopic (exact) mass is 318 g/mol. The predicted molar refractivity (Wildman–Crippen MR) is 80.1 cm³/mol. The molecule has 0 aromatic carbocycles. The number of rotatable bonds is 3. The van der Waals surface area contributed by atoms with E-state index < -0.39 is 22.1 Å².